The molecule has 2 aromatic rings. The Morgan fingerprint density at radius 1 is 1.23 bits per heavy atom. The summed E-state index contributed by atoms with van der Waals surface area (Å²) in [7, 11) is -5.08. The Hall–Kier alpha value is -4.94. The molecule has 0 radical (unpaired) electrons. The Morgan fingerprint density at radius 2 is 1.96 bits per heavy atom. The number of morpholine rings is 1. The highest BCUT2D eigenvalue weighted by molar-refractivity contribution is 7.80. The van der Waals surface area contributed by atoms with E-state index in [1.165, 1.54) is 26.2 Å². The van der Waals surface area contributed by atoms with Crippen molar-refractivity contribution in [1.82, 2.24) is 26.0 Å². The van der Waals surface area contributed by atoms with Crippen molar-refractivity contribution in [3.8, 4) is 5.75 Å². The van der Waals surface area contributed by atoms with E-state index in [0.29, 0.717) is 42.5 Å². The number of thiazole rings is 1. The molecular weight excluding hydrogens is 781 g/mol. The highest BCUT2D eigenvalue weighted by Crippen LogP contribution is 2.35. The zero-order valence-electron chi connectivity index (χ0n) is 31.3. The molecule has 2 saturated heterocycles. The number of amidine groups is 1. The number of hydrogen-bond donors (Lipinski definition) is 7. The maximum atomic E-state index is 13.8. The second kappa shape index (κ2) is 16.3. The number of hydrogen-bond acceptors (Lipinski definition) is 16. The SMILES string of the molecule is CC(C)(C)OC(=O)Nc1nc(/C(=N/O[C@](C)(C(=O)O)[C@H]2CCc3cc(C(=N)NC[C@H]4CNCCO4)ccc3O2)C(=O)N[C@@H]2C(=O)N(OS(=O)(=O)O)C2(C)C)cs1. The Bertz CT molecular complexity index is 2010. The molecule has 5 rings (SSSR count). The number of amides is 3. The van der Waals surface area contributed by atoms with E-state index in [-0.39, 0.29) is 29.2 Å². The molecule has 1 aromatic heterocycles. The molecule has 3 aliphatic heterocycles. The van der Waals surface area contributed by atoms with Gasteiger partial charge < -0.3 is 40.1 Å². The number of aryl methyl sites for hydroxylation is 1. The fourth-order valence-electron chi connectivity index (χ4n) is 5.83. The molecule has 56 heavy (non-hydrogen) atoms. The van der Waals surface area contributed by atoms with Gasteiger partial charge in [-0.2, -0.15) is 13.5 Å². The van der Waals surface area contributed by atoms with Gasteiger partial charge in [-0.3, -0.25) is 24.9 Å². The molecule has 7 N–H and O–H groups in total. The summed E-state index contributed by atoms with van der Waals surface area (Å²) in [6.07, 6.45) is -1.59. The number of aromatic nitrogens is 1. The van der Waals surface area contributed by atoms with E-state index >= 15 is 0 Å². The number of carbonyl (C=O) groups excluding carboxylic acids is 3. The van der Waals surface area contributed by atoms with E-state index in [9.17, 15) is 32.7 Å². The lowest BCUT2D eigenvalue weighted by molar-refractivity contribution is -0.218. The van der Waals surface area contributed by atoms with Gasteiger partial charge in [0.05, 0.1) is 18.2 Å². The summed E-state index contributed by atoms with van der Waals surface area (Å²) < 4.78 is 53.0. The number of hydroxylamine groups is 2. The largest absolute Gasteiger partial charge is 0.485 e. The lowest BCUT2D eigenvalue weighted by Crippen LogP contribution is -2.76. The lowest BCUT2D eigenvalue weighted by Gasteiger charge is -2.50. The smallest absolute Gasteiger partial charge is 0.418 e. The topological polar surface area (TPSA) is 289 Å². The van der Waals surface area contributed by atoms with E-state index in [4.69, 9.17) is 29.0 Å². The Kier molecular flexibility index (Phi) is 12.3. The van der Waals surface area contributed by atoms with E-state index in [1.54, 1.807) is 39.0 Å². The van der Waals surface area contributed by atoms with Crippen LogP contribution in [0.5, 0.6) is 5.75 Å². The van der Waals surface area contributed by atoms with Crippen LogP contribution in [0.25, 0.3) is 0 Å². The van der Waals surface area contributed by atoms with Crippen molar-refractivity contribution in [2.24, 2.45) is 5.16 Å². The fourth-order valence-corrected chi connectivity index (χ4v) is 6.97. The van der Waals surface area contributed by atoms with Crippen LogP contribution in [0.4, 0.5) is 9.93 Å². The molecule has 0 bridgehead atoms. The van der Waals surface area contributed by atoms with Crippen molar-refractivity contribution in [2.45, 2.75) is 89.4 Å². The molecule has 0 spiro atoms. The van der Waals surface area contributed by atoms with Gasteiger partial charge in [-0.15, -0.1) is 15.6 Å². The van der Waals surface area contributed by atoms with Crippen LogP contribution in [0.15, 0.2) is 28.7 Å². The predicted octanol–water partition coefficient (Wildman–Crippen LogP) is 1.19. The molecule has 21 nitrogen and oxygen atoms in total. The zero-order valence-corrected chi connectivity index (χ0v) is 33.0. The van der Waals surface area contributed by atoms with Crippen LogP contribution < -0.4 is 26.0 Å². The lowest BCUT2D eigenvalue weighted by atomic mass is 9.84. The van der Waals surface area contributed by atoms with Crippen molar-refractivity contribution in [3.63, 3.8) is 0 Å². The van der Waals surface area contributed by atoms with Crippen LogP contribution in [0.3, 0.4) is 0 Å². The molecule has 3 amide bonds. The van der Waals surface area contributed by atoms with Crippen molar-refractivity contribution < 1.29 is 60.6 Å². The second-order valence-corrected chi connectivity index (χ2v) is 16.6. The molecular formula is C33H44N8O13S2. The summed E-state index contributed by atoms with van der Waals surface area (Å²) >= 11 is 0.870. The number of oxime groups is 1. The Morgan fingerprint density at radius 3 is 2.59 bits per heavy atom. The zero-order chi connectivity index (χ0) is 41.2. The van der Waals surface area contributed by atoms with Gasteiger partial charge in [0.25, 0.3) is 17.4 Å². The highest BCUT2D eigenvalue weighted by atomic mass is 32.3. The molecule has 0 aliphatic carbocycles. The number of β-lactam (4-membered cyclic amide) rings is 1. The van der Waals surface area contributed by atoms with E-state index in [0.717, 1.165) is 23.4 Å². The van der Waals surface area contributed by atoms with Crippen LogP contribution in [0, 0.1) is 5.41 Å². The standard InChI is InChI=1S/C33H44N8O13S2/c1-31(2,3)52-30(46)39-29-37-20(16-55-29)23(26(42)38-24-27(43)41(32(24,4)5)54-56(47,48)49)40-53-33(6,28(44)45)22-10-8-17-13-18(7-9-21(17)51-22)25(34)36-15-19-14-35-11-12-50-19/h7,9,13,16,19,22,24,35H,8,10-12,14-15H2,1-6H3,(H2,34,36)(H,38,42)(H,44,45)(H,37,39,46)(H,47,48,49)/b40-23-/t19-,22-,24-,33+/m1/s1. The molecule has 23 heteroatoms. The normalized spacial score (nSPS) is 22.0. The number of anilines is 1. The van der Waals surface area contributed by atoms with Gasteiger partial charge >= 0.3 is 22.5 Å². The second-order valence-electron chi connectivity index (χ2n) is 14.7. The monoisotopic (exact) mass is 824 g/mol. The molecule has 4 atom stereocenters. The number of nitrogens with one attached hydrogen (secondary N) is 5. The number of fused-ring (bicyclic) bond motifs is 1. The molecule has 2 fully saturated rings. The maximum Gasteiger partial charge on any atom is 0.418 e. The van der Waals surface area contributed by atoms with Crippen LogP contribution in [0.1, 0.15) is 64.8 Å². The average Bonchev–Trinajstić information content (AvgIpc) is 3.57. The fraction of sp³-hybridized carbons (Fsp3) is 0.545. The summed E-state index contributed by atoms with van der Waals surface area (Å²) in [6, 6.07) is 3.64. The van der Waals surface area contributed by atoms with Crippen molar-refractivity contribution in [2.75, 3.05) is 31.6 Å². The molecule has 1 aromatic carbocycles. The first-order valence-electron chi connectivity index (χ1n) is 17.3. The van der Waals surface area contributed by atoms with Crippen molar-refractivity contribution >= 4 is 62.3 Å². The first kappa shape index (κ1) is 42.2. The van der Waals surface area contributed by atoms with Gasteiger partial charge in [-0.05, 0) is 78.1 Å². The number of ether oxygens (including phenoxy) is 3. The van der Waals surface area contributed by atoms with Gasteiger partial charge in [0.2, 0.25) is 0 Å². The molecule has 306 valence electrons. The quantitative estimate of drug-likeness (QED) is 0.0491. The van der Waals surface area contributed by atoms with Gasteiger partial charge in [-0.25, -0.2) is 14.6 Å². The third-order valence-electron chi connectivity index (χ3n) is 8.86. The van der Waals surface area contributed by atoms with E-state index in [1.807, 2.05) is 0 Å². The van der Waals surface area contributed by atoms with E-state index in [2.05, 4.69) is 35.7 Å². The van der Waals surface area contributed by atoms with Gasteiger partial charge in [0, 0.05) is 30.6 Å². The summed E-state index contributed by atoms with van der Waals surface area (Å²) in [6.45, 7) is 11.3. The predicted molar refractivity (Wildman–Crippen MR) is 198 cm³/mol. The van der Waals surface area contributed by atoms with Gasteiger partial charge in [-0.1, -0.05) is 5.16 Å². The first-order chi connectivity index (χ1) is 26.1. The number of rotatable bonds is 13. The minimum Gasteiger partial charge on any atom is -0.485 e. The number of carboxylic acid groups (broad SMARTS) is 1. The summed E-state index contributed by atoms with van der Waals surface area (Å²) in [5.74, 6) is -3.10. The minimum atomic E-state index is -5.08. The Balaban J connectivity index is 1.36. The third kappa shape index (κ3) is 9.89. The van der Waals surface area contributed by atoms with Crippen LogP contribution in [-0.2, 0) is 49.8 Å². The van der Waals surface area contributed by atoms with Crippen LogP contribution in [0.2, 0.25) is 0 Å². The molecule has 0 unspecified atom stereocenters. The summed E-state index contributed by atoms with van der Waals surface area (Å²) in [5, 5.41) is 35.6. The number of benzene rings is 1. The number of carboxylic acids is 1. The number of nitrogens with zero attached hydrogens (tertiary/aromatic N) is 3. The molecule has 4 heterocycles. The Labute approximate surface area is 325 Å². The first-order valence-corrected chi connectivity index (χ1v) is 19.5. The van der Waals surface area contributed by atoms with Gasteiger partial charge in [0.15, 0.2) is 16.9 Å². The number of aliphatic carboxylic acids is 1. The average molecular weight is 825 g/mol. The maximum absolute atomic E-state index is 13.8. The highest BCUT2D eigenvalue weighted by Gasteiger charge is 2.58. The van der Waals surface area contributed by atoms with Crippen molar-refractivity contribution in [1.29, 1.82) is 5.41 Å². The third-order valence-corrected chi connectivity index (χ3v) is 9.96. The molecule has 0 saturated carbocycles. The minimum absolute atomic E-state index is 0.0299. The van der Waals surface area contributed by atoms with Crippen LogP contribution in [-0.4, -0.2) is 125 Å². The summed E-state index contributed by atoms with van der Waals surface area (Å²) in [5.41, 5.74) is -4.05. The van der Waals surface area contributed by atoms with Crippen LogP contribution >= 0.6 is 11.3 Å². The summed E-state index contributed by atoms with van der Waals surface area (Å²) in [4.78, 5) is 61.7. The van der Waals surface area contributed by atoms with Crippen molar-refractivity contribution in [3.05, 3.63) is 40.4 Å². The van der Waals surface area contributed by atoms with Gasteiger partial charge in [0.1, 0.15) is 28.9 Å². The number of carbonyl (C=O) groups is 4. The van der Waals surface area contributed by atoms with E-state index < -0.39 is 68.9 Å². The molecule has 3 aliphatic rings.